The summed E-state index contributed by atoms with van der Waals surface area (Å²) in [5.41, 5.74) is -0.0895. The summed E-state index contributed by atoms with van der Waals surface area (Å²) in [6.07, 6.45) is 2.54. The molecule has 6 heteroatoms. The monoisotopic (exact) mass is 261 g/mol. The van der Waals surface area contributed by atoms with E-state index in [1.165, 1.54) is 0 Å². The molecule has 0 bridgehead atoms. The van der Waals surface area contributed by atoms with E-state index in [1.54, 1.807) is 13.1 Å². The lowest BCUT2D eigenvalue weighted by atomic mass is 10.2. The Morgan fingerprint density at radius 2 is 2.16 bits per heavy atom. The van der Waals surface area contributed by atoms with Crippen molar-refractivity contribution >= 4 is 0 Å². The zero-order valence-electron chi connectivity index (χ0n) is 10.6. The third-order valence-corrected chi connectivity index (χ3v) is 2.94. The molecule has 2 N–H and O–H groups in total. The number of aryl methyl sites for hydroxylation is 1. The summed E-state index contributed by atoms with van der Waals surface area (Å²) in [6, 6.07) is 5.51. The van der Waals surface area contributed by atoms with Crippen molar-refractivity contribution in [2.75, 3.05) is 0 Å². The van der Waals surface area contributed by atoms with Crippen molar-refractivity contribution in [1.29, 1.82) is 0 Å². The standard InChI is InChI=1S/C13H15N3O3/c1-2-10-11(17)15-13(19)16(12(10)18)8-6-9-5-3-4-7-14-9/h3-5,7,18H,2,6,8H2,1H3,(H,15,17,19). The topological polar surface area (TPSA) is 88.0 Å². The summed E-state index contributed by atoms with van der Waals surface area (Å²) in [6.45, 7) is 2.02. The first-order valence-corrected chi connectivity index (χ1v) is 6.08. The molecule has 6 nitrogen and oxygen atoms in total. The molecular formula is C13H15N3O3. The number of rotatable bonds is 4. The maximum absolute atomic E-state index is 11.7. The Bertz CT molecular complexity index is 674. The summed E-state index contributed by atoms with van der Waals surface area (Å²) >= 11 is 0. The number of pyridine rings is 1. The highest BCUT2D eigenvalue weighted by molar-refractivity contribution is 5.22. The zero-order chi connectivity index (χ0) is 13.8. The van der Waals surface area contributed by atoms with Gasteiger partial charge < -0.3 is 5.11 Å². The third-order valence-electron chi connectivity index (χ3n) is 2.94. The number of aromatic nitrogens is 3. The lowest BCUT2D eigenvalue weighted by molar-refractivity contribution is 0.393. The summed E-state index contributed by atoms with van der Waals surface area (Å²) in [7, 11) is 0. The van der Waals surface area contributed by atoms with E-state index in [2.05, 4.69) is 9.97 Å². The molecule has 100 valence electrons. The predicted molar refractivity (Wildman–Crippen MR) is 70.3 cm³/mol. The molecule has 2 heterocycles. The van der Waals surface area contributed by atoms with Gasteiger partial charge in [-0.15, -0.1) is 0 Å². The van der Waals surface area contributed by atoms with Crippen LogP contribution in [0.5, 0.6) is 5.88 Å². The molecule has 0 fully saturated rings. The van der Waals surface area contributed by atoms with Crippen LogP contribution in [-0.4, -0.2) is 19.6 Å². The van der Waals surface area contributed by atoms with E-state index in [9.17, 15) is 14.7 Å². The molecule has 0 aliphatic rings. The Balaban J connectivity index is 2.31. The van der Waals surface area contributed by atoms with Gasteiger partial charge >= 0.3 is 5.69 Å². The molecule has 2 rings (SSSR count). The Kier molecular flexibility index (Phi) is 3.79. The van der Waals surface area contributed by atoms with Gasteiger partial charge in [0.05, 0.1) is 5.56 Å². The van der Waals surface area contributed by atoms with Gasteiger partial charge in [0.15, 0.2) is 0 Å². The lowest BCUT2D eigenvalue weighted by Gasteiger charge is -2.10. The van der Waals surface area contributed by atoms with Gasteiger partial charge in [0.1, 0.15) is 0 Å². The van der Waals surface area contributed by atoms with Crippen LogP contribution in [-0.2, 0) is 19.4 Å². The smallest absolute Gasteiger partial charge is 0.331 e. The van der Waals surface area contributed by atoms with Crippen molar-refractivity contribution in [2.24, 2.45) is 0 Å². The van der Waals surface area contributed by atoms with Gasteiger partial charge in [0.25, 0.3) is 5.56 Å². The van der Waals surface area contributed by atoms with E-state index in [0.717, 1.165) is 10.3 Å². The highest BCUT2D eigenvalue weighted by Crippen LogP contribution is 2.11. The van der Waals surface area contributed by atoms with E-state index in [-0.39, 0.29) is 18.0 Å². The van der Waals surface area contributed by atoms with Gasteiger partial charge in [-0.1, -0.05) is 13.0 Å². The maximum Gasteiger partial charge on any atom is 0.331 e. The van der Waals surface area contributed by atoms with E-state index in [1.807, 2.05) is 18.2 Å². The van der Waals surface area contributed by atoms with Crippen LogP contribution in [0.3, 0.4) is 0 Å². The molecule has 19 heavy (non-hydrogen) atoms. The van der Waals surface area contributed by atoms with Crippen LogP contribution in [0.15, 0.2) is 34.0 Å². The fourth-order valence-corrected chi connectivity index (χ4v) is 1.90. The molecule has 0 atom stereocenters. The molecule has 0 saturated heterocycles. The average Bonchev–Trinajstić information content (AvgIpc) is 2.39. The van der Waals surface area contributed by atoms with E-state index in [4.69, 9.17) is 0 Å². The van der Waals surface area contributed by atoms with Crippen molar-refractivity contribution in [3.63, 3.8) is 0 Å². The molecule has 0 aliphatic carbocycles. The van der Waals surface area contributed by atoms with Crippen molar-refractivity contribution in [3.05, 3.63) is 56.5 Å². The number of aromatic amines is 1. The first kappa shape index (κ1) is 13.1. The van der Waals surface area contributed by atoms with Crippen LogP contribution >= 0.6 is 0 Å². The van der Waals surface area contributed by atoms with Gasteiger partial charge in [-0.05, 0) is 18.6 Å². The van der Waals surface area contributed by atoms with Crippen LogP contribution in [0, 0.1) is 0 Å². The molecule has 0 aromatic carbocycles. The van der Waals surface area contributed by atoms with Crippen molar-refractivity contribution in [2.45, 2.75) is 26.3 Å². The summed E-state index contributed by atoms with van der Waals surface area (Å²) in [4.78, 5) is 29.5. The fraction of sp³-hybridized carbons (Fsp3) is 0.308. The molecule has 0 saturated carbocycles. The summed E-state index contributed by atoms with van der Waals surface area (Å²) in [5.74, 6) is -0.257. The lowest BCUT2D eigenvalue weighted by Crippen LogP contribution is -2.32. The quantitative estimate of drug-likeness (QED) is 0.836. The number of aromatic hydroxyl groups is 1. The minimum absolute atomic E-state index is 0.223. The molecule has 2 aromatic heterocycles. The average molecular weight is 261 g/mol. The van der Waals surface area contributed by atoms with Crippen LogP contribution in [0.25, 0.3) is 0 Å². The normalized spacial score (nSPS) is 10.6. The molecule has 0 aliphatic heterocycles. The van der Waals surface area contributed by atoms with Gasteiger partial charge in [-0.3, -0.25) is 19.3 Å². The van der Waals surface area contributed by atoms with E-state index >= 15 is 0 Å². The molecule has 0 unspecified atom stereocenters. The number of hydrogen-bond donors (Lipinski definition) is 2. The van der Waals surface area contributed by atoms with Crippen molar-refractivity contribution in [3.8, 4) is 5.88 Å². The SMILES string of the molecule is CCc1c(O)n(CCc2ccccn2)c(=O)[nH]c1=O. The molecule has 0 amide bonds. The van der Waals surface area contributed by atoms with Gasteiger partial charge in [0.2, 0.25) is 5.88 Å². The van der Waals surface area contributed by atoms with Crippen LogP contribution < -0.4 is 11.2 Å². The van der Waals surface area contributed by atoms with Gasteiger partial charge in [-0.25, -0.2) is 4.79 Å². The van der Waals surface area contributed by atoms with Crippen LogP contribution in [0.2, 0.25) is 0 Å². The Morgan fingerprint density at radius 3 is 2.79 bits per heavy atom. The maximum atomic E-state index is 11.7. The molecule has 2 aromatic rings. The summed E-state index contributed by atoms with van der Waals surface area (Å²) in [5, 5.41) is 9.95. The minimum Gasteiger partial charge on any atom is -0.494 e. The van der Waals surface area contributed by atoms with Gasteiger partial charge in [0, 0.05) is 24.9 Å². The largest absolute Gasteiger partial charge is 0.494 e. The second-order valence-electron chi connectivity index (χ2n) is 4.14. The Hall–Kier alpha value is -2.37. The second-order valence-corrected chi connectivity index (χ2v) is 4.14. The zero-order valence-corrected chi connectivity index (χ0v) is 10.6. The Morgan fingerprint density at radius 1 is 1.37 bits per heavy atom. The number of hydrogen-bond acceptors (Lipinski definition) is 4. The van der Waals surface area contributed by atoms with E-state index in [0.29, 0.717) is 12.8 Å². The highest BCUT2D eigenvalue weighted by atomic mass is 16.3. The van der Waals surface area contributed by atoms with Gasteiger partial charge in [-0.2, -0.15) is 0 Å². The van der Waals surface area contributed by atoms with E-state index < -0.39 is 11.2 Å². The van der Waals surface area contributed by atoms with Crippen LogP contribution in [0.4, 0.5) is 0 Å². The molecular weight excluding hydrogens is 246 g/mol. The highest BCUT2D eigenvalue weighted by Gasteiger charge is 2.12. The fourth-order valence-electron chi connectivity index (χ4n) is 1.90. The first-order chi connectivity index (χ1) is 9.13. The molecule has 0 radical (unpaired) electrons. The van der Waals surface area contributed by atoms with Crippen LogP contribution in [0.1, 0.15) is 18.2 Å². The van der Waals surface area contributed by atoms with Crippen molar-refractivity contribution < 1.29 is 5.11 Å². The van der Waals surface area contributed by atoms with Crippen molar-refractivity contribution in [1.82, 2.24) is 14.5 Å². The molecule has 0 spiro atoms. The Labute approximate surface area is 109 Å². The number of nitrogens with one attached hydrogen (secondary N) is 1. The summed E-state index contributed by atoms with van der Waals surface area (Å²) < 4.78 is 1.16. The third kappa shape index (κ3) is 2.73. The number of H-pyrrole nitrogens is 1. The minimum atomic E-state index is -0.601. The first-order valence-electron chi connectivity index (χ1n) is 6.08. The predicted octanol–water partition coefficient (Wildman–Crippen LogP) is 0.442. The second kappa shape index (κ2) is 5.51. The number of nitrogens with zero attached hydrogens (tertiary/aromatic N) is 2.